The van der Waals surface area contributed by atoms with Gasteiger partial charge >= 0.3 is 0 Å². The number of anilines is 1. The second-order valence-electron chi connectivity index (χ2n) is 6.59. The summed E-state index contributed by atoms with van der Waals surface area (Å²) >= 11 is 0. The molecule has 0 bridgehead atoms. The average molecular weight is 398 g/mol. The standard InChI is InChI=1S/C20H22N4O3S/c1-4-28(26,27)16-9-7-8-15(12-16)22-20(25)17-13-18(14(2)3)24(23-17)19-10-5-6-11-21-19/h5-14H,4H2,1-3H3,(H,22,25). The highest BCUT2D eigenvalue weighted by Gasteiger charge is 2.19. The maximum absolute atomic E-state index is 12.7. The largest absolute Gasteiger partial charge is 0.321 e. The first-order chi connectivity index (χ1) is 13.3. The van der Waals surface area contributed by atoms with Gasteiger partial charge in [-0.25, -0.2) is 18.1 Å². The second kappa shape index (κ2) is 7.93. The SMILES string of the molecule is CCS(=O)(=O)c1cccc(NC(=O)c2cc(C(C)C)n(-c3ccccn3)n2)c1. The van der Waals surface area contributed by atoms with Gasteiger partial charge in [0.25, 0.3) is 5.91 Å². The lowest BCUT2D eigenvalue weighted by atomic mass is 10.1. The van der Waals surface area contributed by atoms with Crippen molar-refractivity contribution in [2.24, 2.45) is 0 Å². The van der Waals surface area contributed by atoms with Crippen LogP contribution in [0.25, 0.3) is 5.82 Å². The molecule has 3 aromatic rings. The Kier molecular flexibility index (Phi) is 5.60. The molecular formula is C20H22N4O3S. The number of aromatic nitrogens is 3. The Morgan fingerprint density at radius 1 is 1.14 bits per heavy atom. The van der Waals surface area contributed by atoms with E-state index in [2.05, 4.69) is 15.4 Å². The molecule has 0 radical (unpaired) electrons. The topological polar surface area (TPSA) is 94.0 Å². The van der Waals surface area contributed by atoms with Gasteiger partial charge in [0.2, 0.25) is 0 Å². The number of amides is 1. The molecule has 8 heteroatoms. The summed E-state index contributed by atoms with van der Waals surface area (Å²) < 4.78 is 25.8. The third-order valence-electron chi connectivity index (χ3n) is 4.26. The summed E-state index contributed by atoms with van der Waals surface area (Å²) in [5, 5.41) is 7.14. The number of benzene rings is 1. The Morgan fingerprint density at radius 2 is 1.93 bits per heavy atom. The Labute approximate surface area is 164 Å². The second-order valence-corrected chi connectivity index (χ2v) is 8.87. The molecule has 28 heavy (non-hydrogen) atoms. The van der Waals surface area contributed by atoms with E-state index in [9.17, 15) is 13.2 Å². The number of nitrogens with zero attached hydrogens (tertiary/aromatic N) is 3. The zero-order valence-electron chi connectivity index (χ0n) is 16.0. The number of carbonyl (C=O) groups excluding carboxylic acids is 1. The number of pyridine rings is 1. The minimum absolute atomic E-state index is 0.00334. The number of carbonyl (C=O) groups is 1. The summed E-state index contributed by atoms with van der Waals surface area (Å²) in [6, 6.07) is 13.4. The van der Waals surface area contributed by atoms with Crippen LogP contribution in [0.4, 0.5) is 5.69 Å². The average Bonchev–Trinajstić information content (AvgIpc) is 3.15. The van der Waals surface area contributed by atoms with E-state index in [1.165, 1.54) is 12.1 Å². The molecule has 0 aliphatic rings. The molecule has 7 nitrogen and oxygen atoms in total. The van der Waals surface area contributed by atoms with E-state index in [1.54, 1.807) is 36.0 Å². The molecule has 1 aromatic carbocycles. The van der Waals surface area contributed by atoms with Crippen molar-refractivity contribution < 1.29 is 13.2 Å². The molecule has 0 unspecified atom stereocenters. The molecule has 2 aromatic heterocycles. The van der Waals surface area contributed by atoms with Crippen LogP contribution in [0.3, 0.4) is 0 Å². The van der Waals surface area contributed by atoms with Crippen LogP contribution in [-0.4, -0.2) is 34.8 Å². The minimum atomic E-state index is -3.35. The first-order valence-electron chi connectivity index (χ1n) is 8.97. The van der Waals surface area contributed by atoms with E-state index in [4.69, 9.17) is 0 Å². The highest BCUT2D eigenvalue weighted by Crippen LogP contribution is 2.21. The lowest BCUT2D eigenvalue weighted by molar-refractivity contribution is 0.102. The van der Waals surface area contributed by atoms with Crippen LogP contribution < -0.4 is 5.32 Å². The number of nitrogens with one attached hydrogen (secondary N) is 1. The smallest absolute Gasteiger partial charge is 0.276 e. The van der Waals surface area contributed by atoms with E-state index in [-0.39, 0.29) is 22.3 Å². The van der Waals surface area contributed by atoms with Crippen molar-refractivity contribution in [3.05, 3.63) is 66.1 Å². The van der Waals surface area contributed by atoms with E-state index >= 15 is 0 Å². The van der Waals surface area contributed by atoms with Gasteiger partial charge in [0, 0.05) is 17.6 Å². The Bertz CT molecular complexity index is 1090. The van der Waals surface area contributed by atoms with Gasteiger partial charge in [-0.05, 0) is 42.3 Å². The Hall–Kier alpha value is -3.00. The van der Waals surface area contributed by atoms with Crippen molar-refractivity contribution in [1.29, 1.82) is 0 Å². The summed E-state index contributed by atoms with van der Waals surface area (Å²) in [5.41, 5.74) is 1.49. The molecule has 0 spiro atoms. The monoisotopic (exact) mass is 398 g/mol. The van der Waals surface area contributed by atoms with Gasteiger partial charge in [0.1, 0.15) is 0 Å². The molecule has 2 heterocycles. The Balaban J connectivity index is 1.91. The van der Waals surface area contributed by atoms with E-state index < -0.39 is 15.7 Å². The maximum atomic E-state index is 12.7. The summed E-state index contributed by atoms with van der Waals surface area (Å²) in [7, 11) is -3.35. The summed E-state index contributed by atoms with van der Waals surface area (Å²) in [6.07, 6.45) is 1.67. The summed E-state index contributed by atoms with van der Waals surface area (Å²) in [5.74, 6) is 0.342. The van der Waals surface area contributed by atoms with Gasteiger partial charge in [0.05, 0.1) is 10.6 Å². The number of rotatable bonds is 6. The van der Waals surface area contributed by atoms with E-state index in [0.29, 0.717) is 11.5 Å². The predicted molar refractivity (Wildman–Crippen MR) is 108 cm³/mol. The molecule has 0 saturated carbocycles. The van der Waals surface area contributed by atoms with Crippen molar-refractivity contribution >= 4 is 21.4 Å². The lowest BCUT2D eigenvalue weighted by Gasteiger charge is -2.08. The molecule has 1 N–H and O–H groups in total. The van der Waals surface area contributed by atoms with Crippen LogP contribution in [0.1, 0.15) is 42.9 Å². The van der Waals surface area contributed by atoms with Crippen LogP contribution in [-0.2, 0) is 9.84 Å². The molecule has 1 amide bonds. The molecular weight excluding hydrogens is 376 g/mol. The van der Waals surface area contributed by atoms with Crippen LogP contribution in [0, 0.1) is 0 Å². The first kappa shape index (κ1) is 19.8. The highest BCUT2D eigenvalue weighted by atomic mass is 32.2. The van der Waals surface area contributed by atoms with Gasteiger partial charge < -0.3 is 5.32 Å². The first-order valence-corrected chi connectivity index (χ1v) is 10.6. The van der Waals surface area contributed by atoms with Gasteiger partial charge in [-0.1, -0.05) is 32.9 Å². The highest BCUT2D eigenvalue weighted by molar-refractivity contribution is 7.91. The van der Waals surface area contributed by atoms with Crippen LogP contribution in [0.15, 0.2) is 59.6 Å². The minimum Gasteiger partial charge on any atom is -0.321 e. The zero-order chi connectivity index (χ0) is 20.3. The van der Waals surface area contributed by atoms with Crippen molar-refractivity contribution in [2.75, 3.05) is 11.1 Å². The van der Waals surface area contributed by atoms with Crippen LogP contribution >= 0.6 is 0 Å². The normalized spacial score (nSPS) is 11.6. The summed E-state index contributed by atoms with van der Waals surface area (Å²) in [6.45, 7) is 5.60. The molecule has 0 aliphatic heterocycles. The third kappa shape index (κ3) is 4.12. The predicted octanol–water partition coefficient (Wildman–Crippen LogP) is 3.44. The van der Waals surface area contributed by atoms with Gasteiger partial charge in [-0.3, -0.25) is 4.79 Å². The zero-order valence-corrected chi connectivity index (χ0v) is 16.8. The number of hydrogen-bond acceptors (Lipinski definition) is 5. The Morgan fingerprint density at radius 3 is 2.57 bits per heavy atom. The van der Waals surface area contributed by atoms with Crippen molar-refractivity contribution in [2.45, 2.75) is 31.6 Å². The van der Waals surface area contributed by atoms with Crippen LogP contribution in [0.2, 0.25) is 0 Å². The quantitative estimate of drug-likeness (QED) is 0.686. The van der Waals surface area contributed by atoms with Crippen molar-refractivity contribution in [3.8, 4) is 5.82 Å². The molecule has 3 rings (SSSR count). The number of sulfone groups is 1. The van der Waals surface area contributed by atoms with Crippen molar-refractivity contribution in [1.82, 2.24) is 14.8 Å². The fourth-order valence-electron chi connectivity index (χ4n) is 2.71. The maximum Gasteiger partial charge on any atom is 0.276 e. The van der Waals surface area contributed by atoms with Gasteiger partial charge in [-0.15, -0.1) is 0 Å². The molecule has 0 aliphatic carbocycles. The van der Waals surface area contributed by atoms with Crippen molar-refractivity contribution in [3.63, 3.8) is 0 Å². The molecule has 0 fully saturated rings. The van der Waals surface area contributed by atoms with Gasteiger partial charge in [-0.2, -0.15) is 5.10 Å². The van der Waals surface area contributed by atoms with Gasteiger partial charge in [0.15, 0.2) is 21.3 Å². The van der Waals surface area contributed by atoms with Crippen LogP contribution in [0.5, 0.6) is 0 Å². The fourth-order valence-corrected chi connectivity index (χ4v) is 3.64. The molecule has 0 atom stereocenters. The fraction of sp³-hybridized carbons (Fsp3) is 0.250. The lowest BCUT2D eigenvalue weighted by Crippen LogP contribution is -2.14. The summed E-state index contributed by atoms with van der Waals surface area (Å²) in [4.78, 5) is 17.2. The molecule has 0 saturated heterocycles. The van der Waals surface area contributed by atoms with E-state index in [1.807, 2.05) is 32.0 Å². The van der Waals surface area contributed by atoms with E-state index in [0.717, 1.165) is 5.69 Å². The number of hydrogen-bond donors (Lipinski definition) is 1. The third-order valence-corrected chi connectivity index (χ3v) is 5.99. The molecule has 146 valence electrons.